The number of nitrogens with zero attached hydrogens (tertiary/aromatic N) is 6. The first-order valence-corrected chi connectivity index (χ1v) is 21.3. The van der Waals surface area contributed by atoms with Gasteiger partial charge in [0, 0.05) is 49.2 Å². The van der Waals surface area contributed by atoms with Gasteiger partial charge in [0.2, 0.25) is 0 Å². The third kappa shape index (κ3) is 10.5. The van der Waals surface area contributed by atoms with E-state index in [0.717, 1.165) is 33.1 Å². The smallest absolute Gasteiger partial charge is 0.286 e. The minimum Gasteiger partial charge on any atom is -0.493 e. The van der Waals surface area contributed by atoms with Gasteiger partial charge in [-0.05, 0) is 29.2 Å². The molecule has 0 saturated heterocycles. The molecule has 0 spiro atoms. The number of amides is 2. The Hall–Kier alpha value is -9.60. The molecule has 22 nitrogen and oxygen atoms in total. The van der Waals surface area contributed by atoms with Gasteiger partial charge in [-0.3, -0.25) is 64.6 Å². The molecule has 0 N–H and O–H groups in total. The molecule has 2 aliphatic rings. The molecule has 0 aliphatic carbocycles. The fourth-order valence-electron chi connectivity index (χ4n) is 8.05. The number of nitro groups is 4. The van der Waals surface area contributed by atoms with Crippen LogP contribution < -0.4 is 28.7 Å². The highest BCUT2D eigenvalue weighted by Crippen LogP contribution is 2.42. The SMILES string of the molecule is COc1cc(C(=O)N2c3cc([N+](=O)[O-])ccc3CC2C(C)=O)c([N+](=O)[O-])cc1OCc1ccccc1.COc1cc(C(=O)N2c3cc([N+](=O)[O-])ccc3CC2C=O)c([N+](=O)[O-])cc1OCc1ccccc1. The number of ether oxygens (including phenoxy) is 4. The fraction of sp³-hybridized carbons (Fsp3) is 0.184. The number of nitro benzene ring substituents is 4. The van der Waals surface area contributed by atoms with Crippen molar-refractivity contribution < 1.29 is 57.8 Å². The lowest BCUT2D eigenvalue weighted by atomic mass is 10.1. The lowest BCUT2D eigenvalue weighted by Gasteiger charge is -2.24. The van der Waals surface area contributed by atoms with Gasteiger partial charge in [-0.25, -0.2) is 0 Å². The normalized spacial score (nSPS) is 14.2. The van der Waals surface area contributed by atoms with Gasteiger partial charge < -0.3 is 23.7 Å². The highest BCUT2D eigenvalue weighted by molar-refractivity contribution is 6.14. The van der Waals surface area contributed by atoms with E-state index in [-0.39, 0.29) is 88.7 Å². The Morgan fingerprint density at radius 1 is 0.563 bits per heavy atom. The van der Waals surface area contributed by atoms with Gasteiger partial charge in [0.1, 0.15) is 30.6 Å². The number of anilines is 2. The monoisotopic (exact) mass is 968 g/mol. The van der Waals surface area contributed by atoms with Crippen LogP contribution in [0.15, 0.2) is 121 Å². The predicted molar refractivity (Wildman–Crippen MR) is 252 cm³/mol. The van der Waals surface area contributed by atoms with Crippen LogP contribution in [-0.2, 0) is 35.6 Å². The van der Waals surface area contributed by atoms with E-state index < -0.39 is 55.0 Å². The van der Waals surface area contributed by atoms with E-state index in [9.17, 15) is 59.6 Å². The maximum absolute atomic E-state index is 13.7. The Labute approximate surface area is 402 Å². The zero-order chi connectivity index (χ0) is 51.1. The van der Waals surface area contributed by atoms with Crippen LogP contribution in [0.5, 0.6) is 23.0 Å². The number of hydrogen-bond donors (Lipinski definition) is 0. The molecule has 2 unspecified atom stereocenters. The Morgan fingerprint density at radius 2 is 0.986 bits per heavy atom. The maximum atomic E-state index is 13.7. The van der Waals surface area contributed by atoms with Gasteiger partial charge >= 0.3 is 0 Å². The highest BCUT2D eigenvalue weighted by atomic mass is 16.6. The van der Waals surface area contributed by atoms with Crippen LogP contribution in [0.4, 0.5) is 34.1 Å². The van der Waals surface area contributed by atoms with Crippen LogP contribution in [0.1, 0.15) is 49.9 Å². The molecular weight excluding hydrogens is 929 g/mol. The van der Waals surface area contributed by atoms with Gasteiger partial charge in [0.15, 0.2) is 28.8 Å². The van der Waals surface area contributed by atoms with E-state index in [2.05, 4.69) is 0 Å². The molecule has 0 aromatic heterocycles. The number of carbonyl (C=O) groups excluding carboxylic acids is 4. The van der Waals surface area contributed by atoms with Crippen LogP contribution in [-0.4, -0.2) is 69.9 Å². The molecule has 22 heteroatoms. The van der Waals surface area contributed by atoms with Crippen LogP contribution in [0, 0.1) is 40.5 Å². The van der Waals surface area contributed by atoms with Gasteiger partial charge in [0.25, 0.3) is 34.6 Å². The first kappa shape index (κ1) is 49.3. The standard InChI is InChI=1S/C25H21N3O8.C24H19N3O8/c1-15(29)20-10-17-8-9-18(27(31)32)11-21(17)26(20)25(30)19-12-23(35-2)24(13-22(19)28(33)34)36-14-16-6-4-3-5-7-16;1-34-22-11-19(21(27(32)33)12-23(22)35-14-15-5-3-2-4-6-15)24(29)25-18(13-28)9-16-7-8-17(26(30)31)10-20(16)25/h3-9,11-13,20H,10,14H2,1-2H3;2-8,10-13,18H,9,14H2,1H3. The van der Waals surface area contributed by atoms with Crippen LogP contribution >= 0.6 is 0 Å². The molecule has 6 aromatic rings. The maximum Gasteiger partial charge on any atom is 0.286 e. The molecule has 2 heterocycles. The van der Waals surface area contributed by atoms with Crippen molar-refractivity contribution in [3.8, 4) is 23.0 Å². The summed E-state index contributed by atoms with van der Waals surface area (Å²) in [6.07, 6.45) is 0.799. The van der Waals surface area contributed by atoms with E-state index >= 15 is 0 Å². The summed E-state index contributed by atoms with van der Waals surface area (Å²) in [6, 6.07) is 28.8. The summed E-state index contributed by atoms with van der Waals surface area (Å²) in [7, 11) is 2.66. The van der Waals surface area contributed by atoms with E-state index in [1.165, 1.54) is 69.7 Å². The molecule has 0 radical (unpaired) electrons. The van der Waals surface area contributed by atoms with Gasteiger partial charge in [-0.2, -0.15) is 0 Å². The third-order valence-electron chi connectivity index (χ3n) is 11.5. The zero-order valence-electron chi connectivity index (χ0n) is 37.8. The van der Waals surface area contributed by atoms with Crippen molar-refractivity contribution in [1.82, 2.24) is 0 Å². The lowest BCUT2D eigenvalue weighted by molar-refractivity contribution is -0.385. The fourth-order valence-corrected chi connectivity index (χ4v) is 8.05. The molecule has 2 amide bonds. The Bertz CT molecular complexity index is 3110. The summed E-state index contributed by atoms with van der Waals surface area (Å²) >= 11 is 0. The average molecular weight is 969 g/mol. The van der Waals surface area contributed by atoms with E-state index in [4.69, 9.17) is 18.9 Å². The zero-order valence-corrected chi connectivity index (χ0v) is 37.8. The summed E-state index contributed by atoms with van der Waals surface area (Å²) in [5.41, 5.74) is 0.712. The van der Waals surface area contributed by atoms with Crippen molar-refractivity contribution in [3.63, 3.8) is 0 Å². The second kappa shape index (κ2) is 21.1. The molecule has 0 fully saturated rings. The van der Waals surface area contributed by atoms with Crippen molar-refractivity contribution in [2.45, 2.75) is 45.1 Å². The Kier molecular flexibility index (Phi) is 14.7. The summed E-state index contributed by atoms with van der Waals surface area (Å²) in [5, 5.41) is 46.4. The highest BCUT2D eigenvalue weighted by Gasteiger charge is 2.41. The van der Waals surface area contributed by atoms with Crippen molar-refractivity contribution >= 4 is 58.0 Å². The molecule has 2 aliphatic heterocycles. The Morgan fingerprint density at radius 3 is 1.38 bits per heavy atom. The number of benzene rings is 6. The molecule has 6 aromatic carbocycles. The van der Waals surface area contributed by atoms with Gasteiger partial charge in [0.05, 0.1) is 69.5 Å². The molecule has 71 heavy (non-hydrogen) atoms. The largest absolute Gasteiger partial charge is 0.493 e. The predicted octanol–water partition coefficient (Wildman–Crippen LogP) is 8.11. The quantitative estimate of drug-likeness (QED) is 0.0502. The minimum absolute atomic E-state index is 0.0593. The molecule has 8 rings (SSSR count). The molecule has 362 valence electrons. The van der Waals surface area contributed by atoms with Crippen molar-refractivity contribution in [2.24, 2.45) is 0 Å². The lowest BCUT2D eigenvalue weighted by Crippen LogP contribution is -2.42. The first-order valence-electron chi connectivity index (χ1n) is 21.3. The van der Waals surface area contributed by atoms with Crippen molar-refractivity contribution in [1.29, 1.82) is 0 Å². The number of Topliss-reactive ketones (excluding diaryl/α,β-unsaturated/α-hetero) is 1. The summed E-state index contributed by atoms with van der Waals surface area (Å²) in [4.78, 5) is 97.2. The van der Waals surface area contributed by atoms with Crippen molar-refractivity contribution in [2.75, 3.05) is 24.0 Å². The number of hydrogen-bond acceptors (Lipinski definition) is 16. The number of fused-ring (bicyclic) bond motifs is 2. The number of carbonyl (C=O) groups is 4. The topological polar surface area (TPSA) is 284 Å². The number of ketones is 1. The van der Waals surface area contributed by atoms with E-state index in [1.807, 2.05) is 60.7 Å². The second-order valence-electron chi connectivity index (χ2n) is 15.8. The minimum atomic E-state index is -0.973. The number of aldehydes is 1. The molecule has 2 atom stereocenters. The van der Waals surface area contributed by atoms with E-state index in [0.29, 0.717) is 17.4 Å². The molecular formula is C49H40N6O16. The second-order valence-corrected chi connectivity index (χ2v) is 15.8. The van der Waals surface area contributed by atoms with Gasteiger partial charge in [-0.15, -0.1) is 0 Å². The van der Waals surface area contributed by atoms with Crippen LogP contribution in [0.2, 0.25) is 0 Å². The summed E-state index contributed by atoms with van der Waals surface area (Å²) < 4.78 is 22.1. The third-order valence-corrected chi connectivity index (χ3v) is 11.5. The first-order chi connectivity index (χ1) is 34.0. The summed E-state index contributed by atoms with van der Waals surface area (Å²) in [5.74, 6) is -1.79. The molecule has 0 bridgehead atoms. The average Bonchev–Trinajstić information content (AvgIpc) is 3.95. The summed E-state index contributed by atoms with van der Waals surface area (Å²) in [6.45, 7) is 1.51. The van der Waals surface area contributed by atoms with Crippen LogP contribution in [0.25, 0.3) is 0 Å². The number of non-ortho nitro benzene ring substituents is 2. The van der Waals surface area contributed by atoms with E-state index in [1.54, 1.807) is 0 Å². The Balaban J connectivity index is 0.000000209. The number of rotatable bonds is 16. The van der Waals surface area contributed by atoms with Gasteiger partial charge in [-0.1, -0.05) is 72.8 Å². The molecule has 0 saturated carbocycles. The van der Waals surface area contributed by atoms with Crippen LogP contribution in [0.3, 0.4) is 0 Å². The van der Waals surface area contributed by atoms with Crippen molar-refractivity contribution in [3.05, 3.63) is 195 Å². The number of methoxy groups -OCH3 is 2.